The van der Waals surface area contributed by atoms with Gasteiger partial charge >= 0.3 is 0 Å². The van der Waals surface area contributed by atoms with E-state index in [1.54, 1.807) is 0 Å². The zero-order chi connectivity index (χ0) is 17.1. The van der Waals surface area contributed by atoms with Gasteiger partial charge in [0.2, 0.25) is 0 Å². The van der Waals surface area contributed by atoms with Crippen molar-refractivity contribution in [1.82, 2.24) is 4.98 Å². The summed E-state index contributed by atoms with van der Waals surface area (Å²) >= 11 is 0. The lowest BCUT2D eigenvalue weighted by Crippen LogP contribution is -2.48. The third-order valence-electron chi connectivity index (χ3n) is 5.16. The number of pyridine rings is 1. The molecule has 1 unspecified atom stereocenters. The topological polar surface area (TPSA) is 36.4 Å². The van der Waals surface area contributed by atoms with Gasteiger partial charge in [0, 0.05) is 24.6 Å². The zero-order valence-electron chi connectivity index (χ0n) is 14.1. The molecule has 1 aliphatic rings. The molecule has 3 nitrogen and oxygen atoms in total. The van der Waals surface area contributed by atoms with Crippen LogP contribution in [0.1, 0.15) is 24.0 Å². The van der Waals surface area contributed by atoms with Gasteiger partial charge in [-0.25, -0.2) is 0 Å². The number of benzene rings is 2. The molecule has 0 radical (unpaired) electrons. The van der Waals surface area contributed by atoms with Gasteiger partial charge in [0.05, 0.1) is 6.04 Å². The van der Waals surface area contributed by atoms with Crippen LogP contribution in [-0.2, 0) is 5.60 Å². The number of rotatable bonds is 4. The maximum absolute atomic E-state index is 12.0. The molecule has 1 aliphatic heterocycles. The molecule has 1 aromatic heterocycles. The Hall–Kier alpha value is -2.65. The van der Waals surface area contributed by atoms with E-state index in [0.29, 0.717) is 0 Å². The van der Waals surface area contributed by atoms with Gasteiger partial charge in [-0.3, -0.25) is 4.98 Å². The van der Waals surface area contributed by atoms with Crippen molar-refractivity contribution in [3.05, 3.63) is 96.3 Å². The Bertz CT molecular complexity index is 766. The summed E-state index contributed by atoms with van der Waals surface area (Å²) in [5, 5.41) is 12.0. The Kier molecular flexibility index (Phi) is 4.24. The van der Waals surface area contributed by atoms with E-state index in [1.165, 1.54) is 0 Å². The van der Waals surface area contributed by atoms with Crippen LogP contribution < -0.4 is 4.90 Å². The molecule has 2 heterocycles. The summed E-state index contributed by atoms with van der Waals surface area (Å²) in [4.78, 5) is 6.45. The second-order valence-electron chi connectivity index (χ2n) is 6.56. The first-order valence-electron chi connectivity index (χ1n) is 8.80. The molecular formula is C22H22N2O. The van der Waals surface area contributed by atoms with Crippen LogP contribution in [0.5, 0.6) is 0 Å². The number of aliphatic hydroxyl groups is 1. The maximum atomic E-state index is 12.0. The number of hydrogen-bond donors (Lipinski definition) is 1. The SMILES string of the molecule is OC(c1ccccc1)(c1ccccc1)C1CCCN1c1ccncc1. The molecular weight excluding hydrogens is 308 g/mol. The van der Waals surface area contributed by atoms with Gasteiger partial charge in [-0.1, -0.05) is 60.7 Å². The second-order valence-corrected chi connectivity index (χ2v) is 6.56. The van der Waals surface area contributed by atoms with E-state index in [0.717, 1.165) is 36.2 Å². The molecule has 1 saturated heterocycles. The molecule has 0 aliphatic carbocycles. The van der Waals surface area contributed by atoms with Crippen LogP contribution in [0.4, 0.5) is 5.69 Å². The molecule has 1 atom stereocenters. The smallest absolute Gasteiger partial charge is 0.135 e. The first-order chi connectivity index (χ1) is 12.3. The van der Waals surface area contributed by atoms with Crippen molar-refractivity contribution in [1.29, 1.82) is 0 Å². The molecule has 126 valence electrons. The molecule has 0 bridgehead atoms. The monoisotopic (exact) mass is 330 g/mol. The van der Waals surface area contributed by atoms with Crippen molar-refractivity contribution in [3.8, 4) is 0 Å². The molecule has 1 N–H and O–H groups in total. The summed E-state index contributed by atoms with van der Waals surface area (Å²) in [6.45, 7) is 0.941. The van der Waals surface area contributed by atoms with E-state index in [2.05, 4.69) is 9.88 Å². The number of anilines is 1. The normalized spacial score (nSPS) is 17.6. The van der Waals surface area contributed by atoms with Crippen LogP contribution in [0.25, 0.3) is 0 Å². The van der Waals surface area contributed by atoms with Gasteiger partial charge in [0.15, 0.2) is 0 Å². The van der Waals surface area contributed by atoms with E-state index in [1.807, 2.05) is 85.2 Å². The van der Waals surface area contributed by atoms with Crippen LogP contribution >= 0.6 is 0 Å². The van der Waals surface area contributed by atoms with Crippen molar-refractivity contribution in [2.24, 2.45) is 0 Å². The predicted molar refractivity (Wildman–Crippen MR) is 100 cm³/mol. The van der Waals surface area contributed by atoms with Crippen molar-refractivity contribution in [2.75, 3.05) is 11.4 Å². The average Bonchev–Trinajstić information content (AvgIpc) is 3.20. The standard InChI is InChI=1S/C22H22N2O/c25-22(18-8-3-1-4-9-18,19-10-5-2-6-11-19)21-12-7-17-24(21)20-13-15-23-16-14-20/h1-6,8-11,13-16,21,25H,7,12,17H2. The summed E-state index contributed by atoms with van der Waals surface area (Å²) < 4.78 is 0. The molecule has 4 rings (SSSR count). The van der Waals surface area contributed by atoms with E-state index in [9.17, 15) is 5.11 Å². The zero-order valence-corrected chi connectivity index (χ0v) is 14.1. The van der Waals surface area contributed by atoms with Crippen LogP contribution in [0.3, 0.4) is 0 Å². The van der Waals surface area contributed by atoms with Crippen molar-refractivity contribution in [2.45, 2.75) is 24.5 Å². The van der Waals surface area contributed by atoms with E-state index in [-0.39, 0.29) is 6.04 Å². The van der Waals surface area contributed by atoms with Gasteiger partial charge in [0.25, 0.3) is 0 Å². The van der Waals surface area contributed by atoms with Gasteiger partial charge in [-0.15, -0.1) is 0 Å². The maximum Gasteiger partial charge on any atom is 0.135 e. The number of aromatic nitrogens is 1. The predicted octanol–water partition coefficient (Wildman–Crippen LogP) is 3.99. The highest BCUT2D eigenvalue weighted by molar-refractivity contribution is 5.51. The lowest BCUT2D eigenvalue weighted by Gasteiger charge is -2.41. The Morgan fingerprint density at radius 2 is 1.40 bits per heavy atom. The minimum absolute atomic E-state index is 0.0142. The third kappa shape index (κ3) is 2.81. The summed E-state index contributed by atoms with van der Waals surface area (Å²) in [6.07, 6.45) is 5.64. The van der Waals surface area contributed by atoms with Crippen LogP contribution in [0.15, 0.2) is 85.2 Å². The fourth-order valence-electron chi connectivity index (χ4n) is 3.98. The Balaban J connectivity index is 1.84. The van der Waals surface area contributed by atoms with Gasteiger partial charge in [0.1, 0.15) is 5.60 Å². The summed E-state index contributed by atoms with van der Waals surface area (Å²) in [5.41, 5.74) is 1.93. The van der Waals surface area contributed by atoms with Crippen LogP contribution in [-0.4, -0.2) is 22.7 Å². The van der Waals surface area contributed by atoms with Crippen LogP contribution in [0.2, 0.25) is 0 Å². The van der Waals surface area contributed by atoms with Crippen LogP contribution in [0, 0.1) is 0 Å². The fraction of sp³-hybridized carbons (Fsp3) is 0.227. The molecule has 2 aromatic carbocycles. The quantitative estimate of drug-likeness (QED) is 0.786. The van der Waals surface area contributed by atoms with Crippen molar-refractivity contribution < 1.29 is 5.11 Å². The Morgan fingerprint density at radius 1 is 0.840 bits per heavy atom. The van der Waals surface area contributed by atoms with Gasteiger partial charge < -0.3 is 10.0 Å². The average molecular weight is 330 g/mol. The molecule has 25 heavy (non-hydrogen) atoms. The fourth-order valence-corrected chi connectivity index (χ4v) is 3.98. The molecule has 0 spiro atoms. The number of hydrogen-bond acceptors (Lipinski definition) is 3. The highest BCUT2D eigenvalue weighted by Gasteiger charge is 2.45. The van der Waals surface area contributed by atoms with Crippen molar-refractivity contribution >= 4 is 5.69 Å². The lowest BCUT2D eigenvalue weighted by molar-refractivity contribution is 0.0530. The first-order valence-corrected chi connectivity index (χ1v) is 8.80. The summed E-state index contributed by atoms with van der Waals surface area (Å²) in [5.74, 6) is 0. The van der Waals surface area contributed by atoms with E-state index < -0.39 is 5.60 Å². The van der Waals surface area contributed by atoms with Gasteiger partial charge in [-0.05, 0) is 36.1 Å². The summed E-state index contributed by atoms with van der Waals surface area (Å²) in [7, 11) is 0. The third-order valence-corrected chi connectivity index (χ3v) is 5.16. The lowest BCUT2D eigenvalue weighted by atomic mass is 9.79. The molecule has 3 heteroatoms. The molecule has 0 amide bonds. The summed E-state index contributed by atoms with van der Waals surface area (Å²) in [6, 6.07) is 24.1. The second kappa shape index (κ2) is 6.69. The molecule has 3 aromatic rings. The van der Waals surface area contributed by atoms with Crippen molar-refractivity contribution in [3.63, 3.8) is 0 Å². The largest absolute Gasteiger partial charge is 0.378 e. The Labute approximate surface area is 148 Å². The van der Waals surface area contributed by atoms with Gasteiger partial charge in [-0.2, -0.15) is 0 Å². The van der Waals surface area contributed by atoms with E-state index in [4.69, 9.17) is 0 Å². The number of nitrogens with zero attached hydrogens (tertiary/aromatic N) is 2. The van der Waals surface area contributed by atoms with E-state index >= 15 is 0 Å². The minimum Gasteiger partial charge on any atom is -0.378 e. The minimum atomic E-state index is -1.05. The Morgan fingerprint density at radius 3 is 1.96 bits per heavy atom. The molecule has 0 saturated carbocycles. The first kappa shape index (κ1) is 15.9. The molecule has 1 fully saturated rings. The highest BCUT2D eigenvalue weighted by atomic mass is 16.3. The highest BCUT2D eigenvalue weighted by Crippen LogP contribution is 2.41.